The molecule has 2 aliphatic heterocycles. The maximum absolute atomic E-state index is 13.9. The molecule has 3 aliphatic rings. The molecule has 1 atom stereocenters. The third-order valence-corrected chi connectivity index (χ3v) is 6.28. The number of carbonyl (C=O) groups is 2. The van der Waals surface area contributed by atoms with Crippen molar-refractivity contribution in [1.82, 2.24) is 9.80 Å². The van der Waals surface area contributed by atoms with Crippen LogP contribution in [0.3, 0.4) is 0 Å². The van der Waals surface area contributed by atoms with Crippen molar-refractivity contribution >= 4 is 17.5 Å². The van der Waals surface area contributed by atoms with Crippen LogP contribution in [0.1, 0.15) is 50.5 Å². The van der Waals surface area contributed by atoms with Gasteiger partial charge in [0.15, 0.2) is 0 Å². The summed E-state index contributed by atoms with van der Waals surface area (Å²) in [7, 11) is 0. The molecule has 1 aromatic carbocycles. The average molecular weight is 419 g/mol. The van der Waals surface area contributed by atoms with E-state index in [1.54, 1.807) is 4.90 Å². The Labute approximate surface area is 174 Å². The van der Waals surface area contributed by atoms with Crippen LogP contribution in [0.5, 0.6) is 0 Å². The van der Waals surface area contributed by atoms with Gasteiger partial charge in [-0.25, -0.2) is 8.78 Å². The number of oxime groups is 1. The maximum Gasteiger partial charge on any atom is 0.226 e. The number of benzene rings is 1. The Bertz CT molecular complexity index is 831. The molecule has 8 heteroatoms. The fourth-order valence-electron chi connectivity index (χ4n) is 4.53. The van der Waals surface area contributed by atoms with Crippen molar-refractivity contribution in [3.8, 4) is 0 Å². The minimum absolute atomic E-state index is 0.0548. The molecule has 4 rings (SSSR count). The topological polar surface area (TPSA) is 62.2 Å². The van der Waals surface area contributed by atoms with Crippen LogP contribution in [0, 0.1) is 17.6 Å². The Morgan fingerprint density at radius 1 is 1.03 bits per heavy atom. The molecule has 2 amide bonds. The van der Waals surface area contributed by atoms with Crippen molar-refractivity contribution in [3.63, 3.8) is 0 Å². The standard InChI is InChI=1S/C22H27F2N3O3/c23-16-6-7-18(19(24)12-16)20-13-17(30-25-20)14-21(28)26-8-10-27(11-9-26)22(29)15-4-2-1-3-5-15/h6-7,12,15,17H,1-5,8-11,13-14H2/t17-/m1/s1. The molecule has 0 radical (unpaired) electrons. The summed E-state index contributed by atoms with van der Waals surface area (Å²) in [6.45, 7) is 2.17. The van der Waals surface area contributed by atoms with Crippen molar-refractivity contribution in [3.05, 3.63) is 35.4 Å². The predicted molar refractivity (Wildman–Crippen MR) is 107 cm³/mol. The largest absolute Gasteiger partial charge is 0.391 e. The van der Waals surface area contributed by atoms with E-state index in [9.17, 15) is 18.4 Å². The maximum atomic E-state index is 13.9. The van der Waals surface area contributed by atoms with Crippen molar-refractivity contribution in [2.45, 2.75) is 51.0 Å². The zero-order valence-corrected chi connectivity index (χ0v) is 17.0. The molecule has 1 saturated heterocycles. The van der Waals surface area contributed by atoms with Crippen molar-refractivity contribution in [1.29, 1.82) is 0 Å². The van der Waals surface area contributed by atoms with Gasteiger partial charge in [0.25, 0.3) is 0 Å². The summed E-state index contributed by atoms with van der Waals surface area (Å²) < 4.78 is 27.0. The minimum atomic E-state index is -0.692. The molecule has 162 valence electrons. The van der Waals surface area contributed by atoms with E-state index in [0.717, 1.165) is 31.7 Å². The molecular formula is C22H27F2N3O3. The van der Waals surface area contributed by atoms with Crippen LogP contribution in [-0.4, -0.2) is 59.6 Å². The monoisotopic (exact) mass is 419 g/mol. The normalized spacial score (nSPS) is 22.6. The first-order chi connectivity index (χ1) is 14.5. The van der Waals surface area contributed by atoms with Gasteiger partial charge < -0.3 is 14.6 Å². The first-order valence-corrected chi connectivity index (χ1v) is 10.8. The van der Waals surface area contributed by atoms with Gasteiger partial charge in [0.2, 0.25) is 11.8 Å². The van der Waals surface area contributed by atoms with Crippen LogP contribution in [0.25, 0.3) is 0 Å². The third-order valence-electron chi connectivity index (χ3n) is 6.28. The quantitative estimate of drug-likeness (QED) is 0.754. The molecule has 1 aromatic rings. The highest BCUT2D eigenvalue weighted by molar-refractivity contribution is 6.01. The summed E-state index contributed by atoms with van der Waals surface area (Å²) in [6.07, 6.45) is 5.42. The Balaban J connectivity index is 1.24. The van der Waals surface area contributed by atoms with Crippen LogP contribution < -0.4 is 0 Å². The first kappa shape index (κ1) is 20.8. The molecule has 30 heavy (non-hydrogen) atoms. The zero-order chi connectivity index (χ0) is 21.1. The molecular weight excluding hydrogens is 392 g/mol. The van der Waals surface area contributed by atoms with E-state index in [2.05, 4.69) is 5.16 Å². The van der Waals surface area contributed by atoms with E-state index in [1.165, 1.54) is 18.6 Å². The number of carbonyl (C=O) groups excluding carboxylic acids is 2. The smallest absolute Gasteiger partial charge is 0.226 e. The molecule has 2 heterocycles. The van der Waals surface area contributed by atoms with E-state index in [-0.39, 0.29) is 29.7 Å². The second-order valence-corrected chi connectivity index (χ2v) is 8.34. The van der Waals surface area contributed by atoms with E-state index >= 15 is 0 Å². The van der Waals surface area contributed by atoms with Gasteiger partial charge in [0, 0.05) is 50.1 Å². The number of amides is 2. The summed E-state index contributed by atoms with van der Waals surface area (Å²) in [6, 6.07) is 3.32. The Morgan fingerprint density at radius 3 is 2.43 bits per heavy atom. The number of rotatable bonds is 4. The van der Waals surface area contributed by atoms with Gasteiger partial charge in [-0.3, -0.25) is 9.59 Å². The van der Waals surface area contributed by atoms with E-state index < -0.39 is 17.7 Å². The lowest BCUT2D eigenvalue weighted by Crippen LogP contribution is -2.52. The average Bonchev–Trinajstić information content (AvgIpc) is 3.22. The van der Waals surface area contributed by atoms with Gasteiger partial charge in [-0.05, 0) is 25.0 Å². The lowest BCUT2D eigenvalue weighted by atomic mass is 9.88. The zero-order valence-electron chi connectivity index (χ0n) is 17.0. The molecule has 2 fully saturated rings. The Morgan fingerprint density at radius 2 is 1.73 bits per heavy atom. The van der Waals surface area contributed by atoms with Gasteiger partial charge in [-0.15, -0.1) is 0 Å². The SMILES string of the molecule is O=C(C[C@H]1CC(c2ccc(F)cc2F)=NO1)N1CCN(C(=O)C2CCCCC2)CC1. The van der Waals surface area contributed by atoms with Gasteiger partial charge in [-0.2, -0.15) is 0 Å². The number of hydrogen-bond donors (Lipinski definition) is 0. The summed E-state index contributed by atoms with van der Waals surface area (Å²) in [5.41, 5.74) is 0.578. The fourth-order valence-corrected chi connectivity index (χ4v) is 4.53. The van der Waals surface area contributed by atoms with E-state index in [4.69, 9.17) is 4.84 Å². The highest BCUT2D eigenvalue weighted by Gasteiger charge is 2.32. The van der Waals surface area contributed by atoms with E-state index in [0.29, 0.717) is 38.3 Å². The number of piperazine rings is 1. The number of nitrogens with zero attached hydrogens (tertiary/aromatic N) is 3. The molecule has 0 unspecified atom stereocenters. The third kappa shape index (κ3) is 4.63. The second-order valence-electron chi connectivity index (χ2n) is 8.34. The summed E-state index contributed by atoms with van der Waals surface area (Å²) in [5.74, 6) is -1.01. The second kappa shape index (κ2) is 9.10. The summed E-state index contributed by atoms with van der Waals surface area (Å²) in [5, 5.41) is 3.89. The minimum Gasteiger partial charge on any atom is -0.391 e. The highest BCUT2D eigenvalue weighted by atomic mass is 19.1. The predicted octanol–water partition coefficient (Wildman–Crippen LogP) is 3.10. The van der Waals surface area contributed by atoms with E-state index in [1.807, 2.05) is 4.90 Å². The Hall–Kier alpha value is -2.51. The molecule has 6 nitrogen and oxygen atoms in total. The lowest BCUT2D eigenvalue weighted by molar-refractivity contribution is -0.143. The molecule has 1 aliphatic carbocycles. The molecule has 0 aromatic heterocycles. The van der Waals surface area contributed by atoms with Crippen LogP contribution in [0.2, 0.25) is 0 Å². The highest BCUT2D eigenvalue weighted by Crippen LogP contribution is 2.26. The molecule has 1 saturated carbocycles. The number of halogens is 2. The fraction of sp³-hybridized carbons (Fsp3) is 0.591. The van der Waals surface area contributed by atoms with Gasteiger partial charge in [-0.1, -0.05) is 24.4 Å². The summed E-state index contributed by atoms with van der Waals surface area (Å²) in [4.78, 5) is 34.3. The van der Waals surface area contributed by atoms with Crippen LogP contribution >= 0.6 is 0 Å². The van der Waals surface area contributed by atoms with Gasteiger partial charge in [0.1, 0.15) is 17.7 Å². The number of hydrogen-bond acceptors (Lipinski definition) is 4. The van der Waals surface area contributed by atoms with Crippen LogP contribution in [0.4, 0.5) is 8.78 Å². The van der Waals surface area contributed by atoms with Crippen LogP contribution in [-0.2, 0) is 14.4 Å². The summed E-state index contributed by atoms with van der Waals surface area (Å²) >= 11 is 0. The first-order valence-electron chi connectivity index (χ1n) is 10.8. The van der Waals surface area contributed by atoms with Crippen molar-refractivity contribution < 1.29 is 23.2 Å². The van der Waals surface area contributed by atoms with Crippen molar-refractivity contribution in [2.24, 2.45) is 11.1 Å². The van der Waals surface area contributed by atoms with Crippen molar-refractivity contribution in [2.75, 3.05) is 26.2 Å². The van der Waals surface area contributed by atoms with Gasteiger partial charge >= 0.3 is 0 Å². The van der Waals surface area contributed by atoms with Gasteiger partial charge in [0.05, 0.1) is 12.1 Å². The Kier molecular flexibility index (Phi) is 6.29. The van der Waals surface area contributed by atoms with Crippen LogP contribution in [0.15, 0.2) is 23.4 Å². The lowest BCUT2D eigenvalue weighted by Gasteiger charge is -2.37. The molecule has 0 spiro atoms. The molecule has 0 bridgehead atoms. The molecule has 0 N–H and O–H groups in total.